The van der Waals surface area contributed by atoms with Crippen molar-refractivity contribution >= 4 is 18.5 Å². The number of benzene rings is 1. The van der Waals surface area contributed by atoms with Crippen molar-refractivity contribution in [3.8, 4) is 0 Å². The van der Waals surface area contributed by atoms with E-state index in [1.165, 1.54) is 32.1 Å². The van der Waals surface area contributed by atoms with Gasteiger partial charge in [-0.05, 0) is 43.4 Å². The van der Waals surface area contributed by atoms with E-state index in [0.29, 0.717) is 6.04 Å². The molecule has 1 saturated heterocycles. The third-order valence-electron chi connectivity index (χ3n) is 4.36. The average Bonchev–Trinajstić information content (AvgIpc) is 2.82. The van der Waals surface area contributed by atoms with Crippen LogP contribution in [0.3, 0.4) is 0 Å². The summed E-state index contributed by atoms with van der Waals surface area (Å²) in [5.74, 6) is 0.946. The van der Waals surface area contributed by atoms with Crippen LogP contribution in [-0.2, 0) is 0 Å². The smallest absolute Gasteiger partial charge is 0.254 e. The number of amides is 1. The molecule has 0 N–H and O–H groups in total. The number of carbonyl (C=O) groups excluding carboxylic acids is 1. The molecule has 1 heterocycles. The fraction of sp³-hybridized carbons (Fsp3) is 0.533. The highest BCUT2D eigenvalue weighted by atomic mass is 32.1. The number of hydrogen-bond acceptors (Lipinski definition) is 2. The maximum Gasteiger partial charge on any atom is 0.254 e. The van der Waals surface area contributed by atoms with Gasteiger partial charge in [0.25, 0.3) is 5.91 Å². The summed E-state index contributed by atoms with van der Waals surface area (Å²) in [4.78, 5) is 15.5. The van der Waals surface area contributed by atoms with E-state index in [-0.39, 0.29) is 5.91 Å². The van der Waals surface area contributed by atoms with Gasteiger partial charge in [0.15, 0.2) is 0 Å². The van der Waals surface area contributed by atoms with Gasteiger partial charge in [-0.1, -0.05) is 18.9 Å². The number of rotatable bonds is 1. The number of hydrogen-bond donors (Lipinski definition) is 1. The largest absolute Gasteiger partial charge is 0.335 e. The van der Waals surface area contributed by atoms with Crippen LogP contribution in [0.15, 0.2) is 29.2 Å². The van der Waals surface area contributed by atoms with E-state index in [9.17, 15) is 4.79 Å². The van der Waals surface area contributed by atoms with E-state index in [4.69, 9.17) is 0 Å². The number of likely N-dealkylation sites (tertiary alicyclic amines) is 1. The highest BCUT2D eigenvalue weighted by Crippen LogP contribution is 2.36. The first kappa shape index (κ1) is 12.1. The third-order valence-corrected chi connectivity index (χ3v) is 4.64. The van der Waals surface area contributed by atoms with Gasteiger partial charge in [0.1, 0.15) is 0 Å². The molecule has 3 heteroatoms. The molecular weight excluding hydrogens is 242 g/mol. The molecule has 1 amide bonds. The molecule has 2 nitrogen and oxygen atoms in total. The van der Waals surface area contributed by atoms with Crippen LogP contribution in [0.5, 0.6) is 0 Å². The summed E-state index contributed by atoms with van der Waals surface area (Å²) in [5, 5.41) is 0. The van der Waals surface area contributed by atoms with Crippen molar-refractivity contribution in [2.75, 3.05) is 6.54 Å². The van der Waals surface area contributed by atoms with Crippen LogP contribution in [0.4, 0.5) is 0 Å². The molecule has 2 unspecified atom stereocenters. The molecule has 1 aromatic rings. The SMILES string of the molecule is O=C(c1cccc(S)c1)N1CCC2CCCCC21. The quantitative estimate of drug-likeness (QED) is 0.768. The summed E-state index contributed by atoms with van der Waals surface area (Å²) >= 11 is 4.31. The third kappa shape index (κ3) is 2.16. The highest BCUT2D eigenvalue weighted by Gasteiger charge is 2.38. The second-order valence-electron chi connectivity index (χ2n) is 5.45. The molecule has 2 aliphatic rings. The minimum absolute atomic E-state index is 0.195. The molecule has 0 spiro atoms. The van der Waals surface area contributed by atoms with Crippen molar-refractivity contribution in [2.45, 2.75) is 43.0 Å². The fourth-order valence-corrected chi connectivity index (χ4v) is 3.69. The van der Waals surface area contributed by atoms with Gasteiger partial charge in [0.05, 0.1) is 0 Å². The summed E-state index contributed by atoms with van der Waals surface area (Å²) < 4.78 is 0. The molecule has 18 heavy (non-hydrogen) atoms. The van der Waals surface area contributed by atoms with Crippen LogP contribution in [0, 0.1) is 5.92 Å². The Morgan fingerprint density at radius 3 is 2.89 bits per heavy atom. The molecule has 1 saturated carbocycles. The molecule has 3 rings (SSSR count). The summed E-state index contributed by atoms with van der Waals surface area (Å²) in [6.07, 6.45) is 6.31. The second kappa shape index (κ2) is 4.96. The van der Waals surface area contributed by atoms with Crippen LogP contribution >= 0.6 is 12.6 Å². The normalized spacial score (nSPS) is 27.1. The molecule has 0 bridgehead atoms. The number of fused-ring (bicyclic) bond motifs is 1. The number of nitrogens with zero attached hydrogens (tertiary/aromatic N) is 1. The van der Waals surface area contributed by atoms with Crippen LogP contribution in [0.25, 0.3) is 0 Å². The Morgan fingerprint density at radius 1 is 1.22 bits per heavy atom. The second-order valence-corrected chi connectivity index (χ2v) is 5.97. The molecule has 2 fully saturated rings. The van der Waals surface area contributed by atoms with E-state index in [1.54, 1.807) is 0 Å². The zero-order valence-corrected chi connectivity index (χ0v) is 11.4. The van der Waals surface area contributed by atoms with Crippen molar-refractivity contribution in [2.24, 2.45) is 5.92 Å². The Balaban J connectivity index is 1.80. The lowest BCUT2D eigenvalue weighted by Crippen LogP contribution is -2.39. The fourth-order valence-electron chi connectivity index (χ4n) is 3.46. The number of thiol groups is 1. The van der Waals surface area contributed by atoms with Crippen molar-refractivity contribution < 1.29 is 4.79 Å². The Morgan fingerprint density at radius 2 is 2.06 bits per heavy atom. The van der Waals surface area contributed by atoms with Crippen molar-refractivity contribution in [1.82, 2.24) is 4.90 Å². The minimum Gasteiger partial charge on any atom is -0.335 e. The van der Waals surface area contributed by atoms with E-state index < -0.39 is 0 Å². The summed E-state index contributed by atoms with van der Waals surface area (Å²) in [6.45, 7) is 0.935. The Labute approximate surface area is 114 Å². The molecule has 0 radical (unpaired) electrons. The summed E-state index contributed by atoms with van der Waals surface area (Å²) in [7, 11) is 0. The van der Waals surface area contributed by atoms with Crippen molar-refractivity contribution in [1.29, 1.82) is 0 Å². The molecule has 1 aliphatic heterocycles. The van der Waals surface area contributed by atoms with Gasteiger partial charge in [0, 0.05) is 23.0 Å². The maximum atomic E-state index is 12.5. The molecular formula is C15H19NOS. The monoisotopic (exact) mass is 261 g/mol. The predicted molar refractivity (Wildman–Crippen MR) is 75.1 cm³/mol. The average molecular weight is 261 g/mol. The van der Waals surface area contributed by atoms with Gasteiger partial charge in [-0.2, -0.15) is 0 Å². The van der Waals surface area contributed by atoms with Gasteiger partial charge in [-0.3, -0.25) is 4.79 Å². The van der Waals surface area contributed by atoms with Gasteiger partial charge in [0.2, 0.25) is 0 Å². The van der Waals surface area contributed by atoms with Gasteiger partial charge >= 0.3 is 0 Å². The van der Waals surface area contributed by atoms with Crippen LogP contribution < -0.4 is 0 Å². The Kier molecular flexibility index (Phi) is 3.33. The topological polar surface area (TPSA) is 20.3 Å². The van der Waals surface area contributed by atoms with E-state index in [1.807, 2.05) is 24.3 Å². The summed E-state index contributed by atoms with van der Waals surface area (Å²) in [6, 6.07) is 8.09. The van der Waals surface area contributed by atoms with Crippen LogP contribution in [0.1, 0.15) is 42.5 Å². The lowest BCUT2D eigenvalue weighted by molar-refractivity contribution is 0.0690. The van der Waals surface area contributed by atoms with Gasteiger partial charge in [-0.15, -0.1) is 12.6 Å². The molecule has 1 aliphatic carbocycles. The zero-order chi connectivity index (χ0) is 12.5. The summed E-state index contributed by atoms with van der Waals surface area (Å²) in [5.41, 5.74) is 0.786. The molecule has 96 valence electrons. The van der Waals surface area contributed by atoms with Crippen LogP contribution in [-0.4, -0.2) is 23.4 Å². The maximum absolute atomic E-state index is 12.5. The first-order valence-electron chi connectivity index (χ1n) is 6.86. The van der Waals surface area contributed by atoms with Gasteiger partial charge in [-0.25, -0.2) is 0 Å². The molecule has 1 aromatic carbocycles. The molecule has 0 aromatic heterocycles. The Hall–Kier alpha value is -0.960. The van der Waals surface area contributed by atoms with Crippen LogP contribution in [0.2, 0.25) is 0 Å². The standard InChI is InChI=1S/C15H19NOS/c17-15(12-5-3-6-13(18)10-12)16-9-8-11-4-1-2-7-14(11)16/h3,5-6,10-11,14,18H,1-2,4,7-9H2. The minimum atomic E-state index is 0.195. The first-order chi connectivity index (χ1) is 8.75. The van der Waals surface area contributed by atoms with E-state index >= 15 is 0 Å². The molecule has 2 atom stereocenters. The van der Waals surface area contributed by atoms with Crippen molar-refractivity contribution in [3.05, 3.63) is 29.8 Å². The predicted octanol–water partition coefficient (Wildman–Crippen LogP) is 3.38. The first-order valence-corrected chi connectivity index (χ1v) is 7.30. The lowest BCUT2D eigenvalue weighted by atomic mass is 9.85. The lowest BCUT2D eigenvalue weighted by Gasteiger charge is -2.31. The highest BCUT2D eigenvalue weighted by molar-refractivity contribution is 7.80. The number of carbonyl (C=O) groups is 1. The zero-order valence-electron chi connectivity index (χ0n) is 10.5. The van der Waals surface area contributed by atoms with Gasteiger partial charge < -0.3 is 4.90 Å². The van der Waals surface area contributed by atoms with E-state index in [0.717, 1.165) is 22.9 Å². The van der Waals surface area contributed by atoms with Crippen molar-refractivity contribution in [3.63, 3.8) is 0 Å². The Bertz CT molecular complexity index is 460. The van der Waals surface area contributed by atoms with E-state index in [2.05, 4.69) is 17.5 Å².